The van der Waals surface area contributed by atoms with Crippen LogP contribution in [0.1, 0.15) is 39.4 Å². The van der Waals surface area contributed by atoms with Gasteiger partial charge in [-0.3, -0.25) is 9.87 Å². The zero-order valence-corrected chi connectivity index (χ0v) is 24.3. The monoisotopic (exact) mass is 594 g/mol. The third-order valence-corrected chi connectivity index (χ3v) is 6.05. The van der Waals surface area contributed by atoms with E-state index in [4.69, 9.17) is 9.08 Å². The van der Waals surface area contributed by atoms with Gasteiger partial charge >= 0.3 is 6.03 Å². The standard InChI is InChI=1S/C26H32F2N6O2.CH4O3S/c1-25(2,3)21-16-23(33-36-21)32-24(35)31-20-7-4-18(5-8-20)19-6-9-22(30-17-19)29-12-15-34-13-10-26(27,28)11-14-34;1-5(2,3)4/h4-9,16-17H,10-15H2,1-3H3,(H,29,30)(H2,31,32,33,35);1H3,(H,2,3,4). The summed E-state index contributed by atoms with van der Waals surface area (Å²) < 4.78 is 57.7. The van der Waals surface area contributed by atoms with E-state index >= 15 is 0 Å². The van der Waals surface area contributed by atoms with E-state index in [1.807, 2.05) is 62.1 Å². The Kier molecular flexibility index (Phi) is 10.4. The van der Waals surface area contributed by atoms with Gasteiger partial charge in [0.1, 0.15) is 11.6 Å². The van der Waals surface area contributed by atoms with Crippen molar-refractivity contribution in [2.75, 3.05) is 48.4 Å². The summed E-state index contributed by atoms with van der Waals surface area (Å²) in [6, 6.07) is 12.6. The molecular weight excluding hydrogens is 558 g/mol. The van der Waals surface area contributed by atoms with Gasteiger partial charge in [-0.05, 0) is 29.8 Å². The summed E-state index contributed by atoms with van der Waals surface area (Å²) in [5.41, 5.74) is 2.34. The largest absolute Gasteiger partial charge is 0.369 e. The summed E-state index contributed by atoms with van der Waals surface area (Å²) in [4.78, 5) is 18.8. The van der Waals surface area contributed by atoms with Crippen molar-refractivity contribution in [2.45, 2.75) is 45.0 Å². The summed E-state index contributed by atoms with van der Waals surface area (Å²) in [6.07, 6.45) is 2.35. The van der Waals surface area contributed by atoms with E-state index in [0.29, 0.717) is 49.7 Å². The van der Waals surface area contributed by atoms with E-state index in [1.54, 1.807) is 12.3 Å². The maximum Gasteiger partial charge on any atom is 0.324 e. The molecule has 1 aromatic carbocycles. The molecule has 41 heavy (non-hydrogen) atoms. The number of rotatable bonds is 7. The molecule has 0 unspecified atom stereocenters. The summed E-state index contributed by atoms with van der Waals surface area (Å²) in [6.45, 7) is 8.20. The van der Waals surface area contributed by atoms with Crippen LogP contribution >= 0.6 is 0 Å². The van der Waals surface area contributed by atoms with Gasteiger partial charge in [0.15, 0.2) is 5.82 Å². The quantitative estimate of drug-likeness (QED) is 0.266. The third kappa shape index (κ3) is 11.4. The first kappa shape index (κ1) is 31.9. The lowest BCUT2D eigenvalue weighted by atomic mass is 9.93. The van der Waals surface area contributed by atoms with Crippen molar-refractivity contribution in [3.05, 3.63) is 54.4 Å². The Hall–Kier alpha value is -3.62. The van der Waals surface area contributed by atoms with Crippen LogP contribution in [0.3, 0.4) is 0 Å². The van der Waals surface area contributed by atoms with Crippen LogP contribution in [0.5, 0.6) is 0 Å². The van der Waals surface area contributed by atoms with Crippen LogP contribution in [0.4, 0.5) is 30.9 Å². The molecule has 4 rings (SSSR count). The molecule has 1 saturated heterocycles. The van der Waals surface area contributed by atoms with E-state index in [9.17, 15) is 22.0 Å². The number of pyridine rings is 1. The minimum atomic E-state index is -3.67. The van der Waals surface area contributed by atoms with Crippen molar-refractivity contribution in [2.24, 2.45) is 0 Å². The fourth-order valence-electron chi connectivity index (χ4n) is 3.83. The molecule has 3 heterocycles. The molecular formula is C27H36F2N6O5S. The van der Waals surface area contributed by atoms with E-state index < -0.39 is 22.1 Å². The number of nitrogens with one attached hydrogen (secondary N) is 3. The molecule has 0 radical (unpaired) electrons. The number of alkyl halides is 2. The number of aromatic nitrogens is 2. The highest BCUT2D eigenvalue weighted by Gasteiger charge is 2.33. The molecule has 0 aliphatic carbocycles. The van der Waals surface area contributed by atoms with Gasteiger partial charge in [-0.2, -0.15) is 8.42 Å². The number of hydrogen-bond acceptors (Lipinski definition) is 8. The highest BCUT2D eigenvalue weighted by atomic mass is 32.2. The van der Waals surface area contributed by atoms with Crippen LogP contribution in [0.25, 0.3) is 11.1 Å². The maximum atomic E-state index is 13.3. The van der Waals surface area contributed by atoms with Gasteiger partial charge in [-0.15, -0.1) is 0 Å². The van der Waals surface area contributed by atoms with Crippen molar-refractivity contribution in [1.29, 1.82) is 0 Å². The molecule has 14 heteroatoms. The molecule has 0 spiro atoms. The first-order valence-electron chi connectivity index (χ1n) is 13.0. The number of likely N-dealkylation sites (tertiary alicyclic amines) is 1. The number of nitrogens with zero attached hydrogens (tertiary/aromatic N) is 3. The second-order valence-corrected chi connectivity index (χ2v) is 12.2. The number of hydrogen-bond donors (Lipinski definition) is 4. The molecule has 0 bridgehead atoms. The van der Waals surface area contributed by atoms with E-state index in [2.05, 4.69) is 26.1 Å². The average molecular weight is 595 g/mol. The highest BCUT2D eigenvalue weighted by Crippen LogP contribution is 2.28. The number of carbonyl (C=O) groups excluding carboxylic acids is 1. The Balaban J connectivity index is 0.000000850. The van der Waals surface area contributed by atoms with Gasteiger partial charge in [0.25, 0.3) is 16.0 Å². The predicted octanol–water partition coefficient (Wildman–Crippen LogP) is 5.33. The highest BCUT2D eigenvalue weighted by molar-refractivity contribution is 7.85. The molecule has 0 atom stereocenters. The number of anilines is 3. The normalized spacial score (nSPS) is 15.4. The van der Waals surface area contributed by atoms with Crippen molar-refractivity contribution in [1.82, 2.24) is 15.0 Å². The minimum absolute atomic E-state index is 0.0706. The average Bonchev–Trinajstić information content (AvgIpc) is 3.34. The molecule has 1 fully saturated rings. The van der Waals surface area contributed by atoms with Crippen LogP contribution in [0.15, 0.2) is 53.2 Å². The van der Waals surface area contributed by atoms with Crippen molar-refractivity contribution in [3.63, 3.8) is 0 Å². The Morgan fingerprint density at radius 2 is 1.66 bits per heavy atom. The van der Waals surface area contributed by atoms with E-state index in [-0.39, 0.29) is 18.3 Å². The third-order valence-electron chi connectivity index (χ3n) is 6.05. The van der Waals surface area contributed by atoms with Gasteiger partial charge in [0.2, 0.25) is 0 Å². The Labute approximate surface area is 238 Å². The smallest absolute Gasteiger partial charge is 0.324 e. The molecule has 224 valence electrons. The molecule has 2 aromatic heterocycles. The first-order chi connectivity index (χ1) is 19.1. The van der Waals surface area contributed by atoms with Gasteiger partial charge in [-0.1, -0.05) is 38.1 Å². The number of carbonyl (C=O) groups is 1. The summed E-state index contributed by atoms with van der Waals surface area (Å²) in [5, 5.41) is 12.6. The number of urea groups is 1. The Bertz CT molecular complexity index is 1370. The molecule has 1 aliphatic rings. The van der Waals surface area contributed by atoms with Gasteiger partial charge in [-0.25, -0.2) is 18.6 Å². The Morgan fingerprint density at radius 3 is 2.20 bits per heavy atom. The van der Waals surface area contributed by atoms with Crippen LogP contribution in [0.2, 0.25) is 0 Å². The SMILES string of the molecule is CC(C)(C)c1cc(NC(=O)Nc2ccc(-c3ccc(NCCN4CCC(F)(F)CC4)nc3)cc2)no1.CS(=O)(=O)O. The number of halogens is 2. The number of benzene rings is 1. The fraction of sp³-hybridized carbons (Fsp3) is 0.444. The second kappa shape index (κ2) is 13.4. The zero-order valence-electron chi connectivity index (χ0n) is 23.4. The van der Waals surface area contributed by atoms with Crippen LogP contribution in [-0.4, -0.2) is 72.4 Å². The second-order valence-electron chi connectivity index (χ2n) is 10.8. The van der Waals surface area contributed by atoms with Gasteiger partial charge in [0.05, 0.1) is 6.26 Å². The number of piperidine rings is 1. The topological polar surface area (TPSA) is 150 Å². The molecule has 3 aromatic rings. The first-order valence-corrected chi connectivity index (χ1v) is 14.8. The molecule has 2 amide bonds. The maximum absolute atomic E-state index is 13.3. The molecule has 4 N–H and O–H groups in total. The summed E-state index contributed by atoms with van der Waals surface area (Å²) >= 11 is 0. The van der Waals surface area contributed by atoms with Gasteiger partial charge < -0.3 is 20.1 Å². The molecule has 0 saturated carbocycles. The van der Waals surface area contributed by atoms with E-state index in [0.717, 1.165) is 16.9 Å². The minimum Gasteiger partial charge on any atom is -0.369 e. The molecule has 11 nitrogen and oxygen atoms in total. The van der Waals surface area contributed by atoms with Crippen molar-refractivity contribution >= 4 is 33.5 Å². The van der Waals surface area contributed by atoms with Crippen LogP contribution < -0.4 is 16.0 Å². The summed E-state index contributed by atoms with van der Waals surface area (Å²) in [7, 11) is -3.67. The van der Waals surface area contributed by atoms with Gasteiger partial charge in [0, 0.05) is 67.9 Å². The van der Waals surface area contributed by atoms with E-state index in [1.165, 1.54) is 0 Å². The zero-order chi connectivity index (χ0) is 30.3. The van der Waals surface area contributed by atoms with Crippen LogP contribution in [-0.2, 0) is 15.5 Å². The van der Waals surface area contributed by atoms with Crippen LogP contribution in [0, 0.1) is 0 Å². The molecule has 1 aliphatic heterocycles. The Morgan fingerprint density at radius 1 is 1.05 bits per heavy atom. The lowest BCUT2D eigenvalue weighted by Gasteiger charge is -2.31. The van der Waals surface area contributed by atoms with Crippen molar-refractivity contribution in [3.8, 4) is 11.1 Å². The lowest BCUT2D eigenvalue weighted by molar-refractivity contribution is -0.0543. The fourth-order valence-corrected chi connectivity index (χ4v) is 3.83. The number of amides is 2. The lowest BCUT2D eigenvalue weighted by Crippen LogP contribution is -2.41. The summed E-state index contributed by atoms with van der Waals surface area (Å²) in [5.74, 6) is -0.743. The predicted molar refractivity (Wildman–Crippen MR) is 154 cm³/mol. The van der Waals surface area contributed by atoms with Crippen molar-refractivity contribution < 1.29 is 31.1 Å².